The van der Waals surface area contributed by atoms with Gasteiger partial charge in [0, 0.05) is 16.0 Å². The van der Waals surface area contributed by atoms with Crippen LogP contribution in [-0.4, -0.2) is 19.7 Å². The summed E-state index contributed by atoms with van der Waals surface area (Å²) in [6, 6.07) is 0. The lowest BCUT2D eigenvalue weighted by Gasteiger charge is -1.97. The summed E-state index contributed by atoms with van der Waals surface area (Å²) in [5.74, 6) is 0.926. The summed E-state index contributed by atoms with van der Waals surface area (Å²) in [4.78, 5) is 8.22. The first-order valence-corrected chi connectivity index (χ1v) is 5.52. The molecule has 0 atom stereocenters. The van der Waals surface area contributed by atoms with Gasteiger partial charge in [0.15, 0.2) is 5.82 Å². The van der Waals surface area contributed by atoms with Crippen molar-refractivity contribution in [2.75, 3.05) is 5.73 Å². The van der Waals surface area contributed by atoms with E-state index in [0.29, 0.717) is 11.8 Å². The van der Waals surface area contributed by atoms with E-state index in [2.05, 4.69) is 53.6 Å². The molecule has 0 radical (unpaired) electrons. The Bertz CT molecular complexity index is 432. The Balaban J connectivity index is 2.44. The SMILES string of the molecule is Nc1nn(-c2ncc(I)cn2)cc1Br. The van der Waals surface area contributed by atoms with Gasteiger partial charge in [0.2, 0.25) is 0 Å². The highest BCUT2D eigenvalue weighted by molar-refractivity contribution is 14.1. The molecule has 0 aliphatic heterocycles. The van der Waals surface area contributed by atoms with E-state index in [1.54, 1.807) is 18.6 Å². The van der Waals surface area contributed by atoms with Gasteiger partial charge in [-0.25, -0.2) is 14.6 Å². The molecule has 0 aliphatic rings. The minimum absolute atomic E-state index is 0.423. The monoisotopic (exact) mass is 365 g/mol. The maximum Gasteiger partial charge on any atom is 0.250 e. The number of nitrogen functional groups attached to an aromatic ring is 1. The molecule has 5 nitrogen and oxygen atoms in total. The average molecular weight is 366 g/mol. The lowest BCUT2D eigenvalue weighted by Crippen LogP contribution is -2.01. The average Bonchev–Trinajstić information content (AvgIpc) is 2.48. The van der Waals surface area contributed by atoms with Crippen LogP contribution in [0.3, 0.4) is 0 Å². The smallest absolute Gasteiger partial charge is 0.250 e. The predicted molar refractivity (Wildman–Crippen MR) is 64.0 cm³/mol. The number of rotatable bonds is 1. The van der Waals surface area contributed by atoms with E-state index in [1.807, 2.05) is 0 Å². The van der Waals surface area contributed by atoms with Crippen molar-refractivity contribution in [1.29, 1.82) is 0 Å². The predicted octanol–water partition coefficient (Wildman–Crippen LogP) is 1.61. The first kappa shape index (κ1) is 9.84. The van der Waals surface area contributed by atoms with Gasteiger partial charge in [-0.2, -0.15) is 0 Å². The second-order valence-electron chi connectivity index (χ2n) is 2.51. The van der Waals surface area contributed by atoms with Crippen LogP contribution in [0, 0.1) is 3.57 Å². The lowest BCUT2D eigenvalue weighted by atomic mass is 10.6. The molecule has 0 unspecified atom stereocenters. The van der Waals surface area contributed by atoms with E-state index in [0.717, 1.165) is 8.04 Å². The van der Waals surface area contributed by atoms with Gasteiger partial charge < -0.3 is 5.73 Å². The van der Waals surface area contributed by atoms with E-state index in [-0.39, 0.29) is 0 Å². The Labute approximate surface area is 102 Å². The van der Waals surface area contributed by atoms with Crippen LogP contribution in [0.25, 0.3) is 5.95 Å². The molecule has 0 saturated heterocycles. The summed E-state index contributed by atoms with van der Waals surface area (Å²) in [6.07, 6.45) is 5.15. The lowest BCUT2D eigenvalue weighted by molar-refractivity contribution is 0.809. The van der Waals surface area contributed by atoms with Crippen LogP contribution >= 0.6 is 38.5 Å². The Kier molecular flexibility index (Phi) is 2.68. The first-order chi connectivity index (χ1) is 6.66. The van der Waals surface area contributed by atoms with Crippen LogP contribution in [0.5, 0.6) is 0 Å². The molecule has 2 aromatic rings. The Hall–Kier alpha value is -0.700. The van der Waals surface area contributed by atoms with Gasteiger partial charge in [-0.1, -0.05) is 0 Å². The summed E-state index contributed by atoms with van der Waals surface area (Å²) >= 11 is 5.40. The third kappa shape index (κ3) is 1.87. The van der Waals surface area contributed by atoms with Gasteiger partial charge in [0.25, 0.3) is 5.95 Å². The summed E-state index contributed by atoms with van der Waals surface area (Å²) in [5, 5.41) is 4.03. The maximum atomic E-state index is 5.57. The molecule has 0 amide bonds. The highest BCUT2D eigenvalue weighted by Gasteiger charge is 2.05. The van der Waals surface area contributed by atoms with Crippen LogP contribution < -0.4 is 5.73 Å². The van der Waals surface area contributed by atoms with E-state index in [4.69, 9.17) is 5.73 Å². The van der Waals surface area contributed by atoms with Gasteiger partial charge in [-0.15, -0.1) is 5.10 Å². The zero-order chi connectivity index (χ0) is 10.1. The maximum absolute atomic E-state index is 5.57. The molecule has 0 spiro atoms. The number of nitrogens with two attached hydrogens (primary N) is 1. The molecule has 0 saturated carbocycles. The van der Waals surface area contributed by atoms with Gasteiger partial charge in [-0.05, 0) is 38.5 Å². The summed E-state index contributed by atoms with van der Waals surface area (Å²) in [6.45, 7) is 0. The first-order valence-electron chi connectivity index (χ1n) is 3.65. The normalized spacial score (nSPS) is 10.4. The Morgan fingerprint density at radius 3 is 2.50 bits per heavy atom. The van der Waals surface area contributed by atoms with Crippen LogP contribution in [-0.2, 0) is 0 Å². The quantitative estimate of drug-likeness (QED) is 0.779. The topological polar surface area (TPSA) is 69.6 Å². The highest BCUT2D eigenvalue weighted by Crippen LogP contribution is 2.17. The molecule has 2 heterocycles. The minimum atomic E-state index is 0.423. The third-order valence-electron chi connectivity index (χ3n) is 1.51. The van der Waals surface area contributed by atoms with Gasteiger partial charge in [0.05, 0.1) is 10.7 Å². The van der Waals surface area contributed by atoms with Crippen molar-refractivity contribution in [3.63, 3.8) is 0 Å². The molecule has 2 aromatic heterocycles. The second kappa shape index (κ2) is 3.81. The second-order valence-corrected chi connectivity index (χ2v) is 4.61. The molecule has 2 N–H and O–H groups in total. The zero-order valence-corrected chi connectivity index (χ0v) is 10.6. The standard InChI is InChI=1S/C7H5BrIN5/c8-5-3-14(13-6(5)10)7-11-1-4(9)2-12-7/h1-3H,(H2,10,13). The molecule has 0 fully saturated rings. The molecule has 2 rings (SSSR count). The molecule has 7 heteroatoms. The van der Waals surface area contributed by atoms with E-state index in [9.17, 15) is 0 Å². The number of hydrogen-bond donors (Lipinski definition) is 1. The van der Waals surface area contributed by atoms with E-state index in [1.165, 1.54) is 4.68 Å². The Morgan fingerprint density at radius 2 is 2.00 bits per heavy atom. The number of anilines is 1. The summed E-state index contributed by atoms with van der Waals surface area (Å²) in [7, 11) is 0. The van der Waals surface area contributed by atoms with Crippen LogP contribution in [0.1, 0.15) is 0 Å². The van der Waals surface area contributed by atoms with Crippen molar-refractivity contribution in [2.24, 2.45) is 0 Å². The Morgan fingerprint density at radius 1 is 1.36 bits per heavy atom. The van der Waals surface area contributed by atoms with Gasteiger partial charge in [-0.3, -0.25) is 0 Å². The fourth-order valence-electron chi connectivity index (χ4n) is 0.892. The fraction of sp³-hybridized carbons (Fsp3) is 0. The molecular weight excluding hydrogens is 361 g/mol. The summed E-state index contributed by atoms with van der Waals surface area (Å²) in [5.41, 5.74) is 5.57. The van der Waals surface area contributed by atoms with Gasteiger partial charge in [0.1, 0.15) is 0 Å². The molecule has 14 heavy (non-hydrogen) atoms. The number of aromatic nitrogens is 4. The van der Waals surface area contributed by atoms with Crippen molar-refractivity contribution in [1.82, 2.24) is 19.7 Å². The number of hydrogen-bond acceptors (Lipinski definition) is 4. The van der Waals surface area contributed by atoms with Crippen LogP contribution in [0.15, 0.2) is 23.1 Å². The van der Waals surface area contributed by atoms with Crippen molar-refractivity contribution in [3.8, 4) is 5.95 Å². The molecule has 0 aromatic carbocycles. The fourth-order valence-corrected chi connectivity index (χ4v) is 1.44. The van der Waals surface area contributed by atoms with Gasteiger partial charge >= 0.3 is 0 Å². The van der Waals surface area contributed by atoms with Crippen molar-refractivity contribution >= 4 is 44.3 Å². The van der Waals surface area contributed by atoms with Crippen molar-refractivity contribution in [3.05, 3.63) is 26.6 Å². The molecule has 0 bridgehead atoms. The van der Waals surface area contributed by atoms with Crippen LogP contribution in [0.4, 0.5) is 5.82 Å². The van der Waals surface area contributed by atoms with E-state index < -0.39 is 0 Å². The van der Waals surface area contributed by atoms with Crippen molar-refractivity contribution < 1.29 is 0 Å². The molecular formula is C7H5BrIN5. The minimum Gasteiger partial charge on any atom is -0.381 e. The highest BCUT2D eigenvalue weighted by atomic mass is 127. The zero-order valence-electron chi connectivity index (χ0n) is 6.85. The third-order valence-corrected chi connectivity index (χ3v) is 2.68. The largest absolute Gasteiger partial charge is 0.381 e. The molecule has 72 valence electrons. The summed E-state index contributed by atoms with van der Waals surface area (Å²) < 4.78 is 3.24. The number of nitrogens with zero attached hydrogens (tertiary/aromatic N) is 4. The molecule has 0 aliphatic carbocycles. The van der Waals surface area contributed by atoms with Crippen molar-refractivity contribution in [2.45, 2.75) is 0 Å². The number of halogens is 2. The van der Waals surface area contributed by atoms with E-state index >= 15 is 0 Å². The van der Waals surface area contributed by atoms with Crippen LogP contribution in [0.2, 0.25) is 0 Å².